The molecular formula is C40H69ClFN3. The molecule has 0 unspecified atom stereocenters. The summed E-state index contributed by atoms with van der Waals surface area (Å²) >= 11 is 6.58. The molecule has 0 bridgehead atoms. The van der Waals surface area contributed by atoms with Gasteiger partial charge in [-0.2, -0.15) is 0 Å². The summed E-state index contributed by atoms with van der Waals surface area (Å²) in [7, 11) is 6.16. The fourth-order valence-electron chi connectivity index (χ4n) is 6.16. The van der Waals surface area contributed by atoms with Crippen molar-refractivity contribution in [2.45, 2.75) is 164 Å². The van der Waals surface area contributed by atoms with Crippen LogP contribution in [0.15, 0.2) is 18.5 Å². The van der Waals surface area contributed by atoms with Crippen LogP contribution in [0.1, 0.15) is 164 Å². The zero-order chi connectivity index (χ0) is 36.0. The van der Waals surface area contributed by atoms with E-state index in [1.807, 2.05) is 59.4 Å². The van der Waals surface area contributed by atoms with E-state index in [2.05, 4.69) is 126 Å². The average Bonchev–Trinajstić information content (AvgIpc) is 3.38. The van der Waals surface area contributed by atoms with Crippen LogP contribution in [0.2, 0.25) is 5.02 Å². The molecule has 0 amide bonds. The summed E-state index contributed by atoms with van der Waals surface area (Å²) in [6.07, 6.45) is 4.16. The van der Waals surface area contributed by atoms with E-state index in [0.717, 1.165) is 16.3 Å². The van der Waals surface area contributed by atoms with Crippen molar-refractivity contribution in [2.75, 3.05) is 0 Å². The van der Waals surface area contributed by atoms with Crippen LogP contribution in [-0.2, 0) is 53.6 Å². The van der Waals surface area contributed by atoms with Gasteiger partial charge < -0.3 is 13.7 Å². The van der Waals surface area contributed by atoms with Gasteiger partial charge in [0, 0.05) is 72.4 Å². The molecule has 0 aliphatic rings. The first kappa shape index (κ1) is 41.1. The fourth-order valence-corrected chi connectivity index (χ4v) is 6.99. The Bertz CT molecular complexity index is 1400. The van der Waals surface area contributed by atoms with Crippen molar-refractivity contribution >= 4 is 11.6 Å². The molecular weight excluding hydrogens is 577 g/mol. The Kier molecular flexibility index (Phi) is 12.1. The van der Waals surface area contributed by atoms with E-state index in [1.54, 1.807) is 0 Å². The summed E-state index contributed by atoms with van der Waals surface area (Å²) in [6, 6.07) is 2.33. The van der Waals surface area contributed by atoms with Gasteiger partial charge in [-0.3, -0.25) is 0 Å². The Morgan fingerprint density at radius 2 is 1.00 bits per heavy atom. The van der Waals surface area contributed by atoms with Crippen molar-refractivity contribution in [1.29, 1.82) is 0 Å². The second kappa shape index (κ2) is 13.3. The first-order chi connectivity index (χ1) is 19.6. The number of aryl methyl sites for hydroxylation is 2. The monoisotopic (exact) mass is 646 g/mol. The molecule has 0 aromatic carbocycles. The highest BCUT2D eigenvalue weighted by atomic mass is 35.5. The molecule has 0 spiro atoms. The number of halogens is 2. The molecule has 3 aromatic rings. The van der Waals surface area contributed by atoms with Crippen LogP contribution >= 0.6 is 11.6 Å². The van der Waals surface area contributed by atoms with Crippen molar-refractivity contribution in [1.82, 2.24) is 13.7 Å². The SMILES string of the molecule is Cc1c(C(C)(C)C)c(Cl)c(C(C)(C)C)n1C.Cn1cc(C(C)(C)C)c(F)c1C(C)(C)C.Cn1cc(C(C)(C)C)cc1C(C)(C)C. The predicted octanol–water partition coefficient (Wildman–Crippen LogP) is 12.0. The summed E-state index contributed by atoms with van der Waals surface area (Å²) in [5.74, 6) is -0.0440. The van der Waals surface area contributed by atoms with Gasteiger partial charge in [-0.15, -0.1) is 0 Å². The fraction of sp³-hybridized carbons (Fsp3) is 0.700. The average molecular weight is 646 g/mol. The third-order valence-electron chi connectivity index (χ3n) is 8.37. The minimum atomic E-state index is -0.150. The standard InChI is InChI=1S/C14H24ClN.C13H22FN.C13H23N/c1-9-10(13(2,3)4)11(15)12(16(9)8)14(5,6)7;1-12(2,3)9-8-15(7)11(10(9)14)13(4,5)6;1-12(2,3)10-8-11(13(4,5)6)14(7)9-10/h1-8H3;8H,1-7H3;8-9H,1-7H3. The van der Waals surface area contributed by atoms with E-state index in [4.69, 9.17) is 11.6 Å². The van der Waals surface area contributed by atoms with Crippen molar-refractivity contribution in [3.8, 4) is 0 Å². The number of hydrogen-bond donors (Lipinski definition) is 0. The van der Waals surface area contributed by atoms with Gasteiger partial charge in [0.05, 0.1) is 10.7 Å². The first-order valence-corrected chi connectivity index (χ1v) is 16.9. The largest absolute Gasteiger partial charge is 0.354 e. The maximum absolute atomic E-state index is 14.3. The summed E-state index contributed by atoms with van der Waals surface area (Å²) in [5, 5.41) is 0.944. The molecule has 3 aromatic heterocycles. The van der Waals surface area contributed by atoms with Crippen LogP contribution in [0.25, 0.3) is 0 Å². The lowest BCUT2D eigenvalue weighted by molar-refractivity contribution is 0.474. The normalized spacial score (nSPS) is 13.3. The molecule has 0 aliphatic heterocycles. The zero-order valence-corrected chi connectivity index (χ0v) is 34.1. The van der Waals surface area contributed by atoms with Crippen molar-refractivity contribution in [3.05, 3.63) is 68.8 Å². The molecule has 0 aliphatic carbocycles. The lowest BCUT2D eigenvalue weighted by Gasteiger charge is -2.21. The minimum absolute atomic E-state index is 0.0440. The maximum Gasteiger partial charge on any atom is 0.148 e. The Labute approximate surface area is 283 Å². The quantitative estimate of drug-likeness (QED) is 0.231. The number of hydrogen-bond acceptors (Lipinski definition) is 0. The Morgan fingerprint density at radius 1 is 0.556 bits per heavy atom. The molecule has 0 radical (unpaired) electrons. The van der Waals surface area contributed by atoms with E-state index in [1.165, 1.54) is 28.2 Å². The molecule has 0 fully saturated rings. The predicted molar refractivity (Wildman–Crippen MR) is 198 cm³/mol. The minimum Gasteiger partial charge on any atom is -0.354 e. The molecule has 258 valence electrons. The van der Waals surface area contributed by atoms with Gasteiger partial charge >= 0.3 is 0 Å². The molecule has 0 N–H and O–H groups in total. The van der Waals surface area contributed by atoms with Gasteiger partial charge in [0.25, 0.3) is 0 Å². The van der Waals surface area contributed by atoms with Gasteiger partial charge in [-0.05, 0) is 40.4 Å². The third kappa shape index (κ3) is 10.0. The van der Waals surface area contributed by atoms with E-state index < -0.39 is 0 Å². The Hall–Kier alpha value is -1.94. The van der Waals surface area contributed by atoms with Gasteiger partial charge in [-0.25, -0.2) is 4.39 Å². The van der Waals surface area contributed by atoms with E-state index in [9.17, 15) is 4.39 Å². The highest BCUT2D eigenvalue weighted by Gasteiger charge is 2.32. The lowest BCUT2D eigenvalue weighted by atomic mass is 9.85. The van der Waals surface area contributed by atoms with Crippen LogP contribution in [-0.4, -0.2) is 13.7 Å². The van der Waals surface area contributed by atoms with Crippen molar-refractivity contribution < 1.29 is 4.39 Å². The maximum atomic E-state index is 14.3. The molecule has 3 rings (SSSR count). The second-order valence-electron chi connectivity index (χ2n) is 19.2. The molecule has 0 saturated heterocycles. The summed E-state index contributed by atoms with van der Waals surface area (Å²) in [5.41, 5.74) is 8.59. The molecule has 3 heterocycles. The summed E-state index contributed by atoms with van der Waals surface area (Å²) in [4.78, 5) is 0. The first-order valence-electron chi connectivity index (χ1n) is 16.5. The molecule has 3 nitrogen and oxygen atoms in total. The molecule has 0 atom stereocenters. The third-order valence-corrected chi connectivity index (χ3v) is 8.73. The molecule has 5 heteroatoms. The van der Waals surface area contributed by atoms with E-state index in [0.29, 0.717) is 0 Å². The van der Waals surface area contributed by atoms with Gasteiger partial charge in [0.15, 0.2) is 0 Å². The van der Waals surface area contributed by atoms with Crippen LogP contribution in [0.3, 0.4) is 0 Å². The lowest BCUT2D eigenvalue weighted by Crippen LogP contribution is -2.18. The number of aromatic nitrogens is 3. The Morgan fingerprint density at radius 3 is 1.20 bits per heavy atom. The van der Waals surface area contributed by atoms with Crippen LogP contribution in [0, 0.1) is 12.7 Å². The topological polar surface area (TPSA) is 14.8 Å². The van der Waals surface area contributed by atoms with Crippen molar-refractivity contribution in [2.24, 2.45) is 21.1 Å². The van der Waals surface area contributed by atoms with Crippen LogP contribution in [0.5, 0.6) is 0 Å². The highest BCUT2D eigenvalue weighted by molar-refractivity contribution is 6.32. The summed E-state index contributed by atoms with van der Waals surface area (Å²) < 4.78 is 20.7. The zero-order valence-electron chi connectivity index (χ0n) is 33.3. The van der Waals surface area contributed by atoms with Gasteiger partial charge in [0.1, 0.15) is 5.82 Å². The van der Waals surface area contributed by atoms with Crippen LogP contribution in [0.4, 0.5) is 4.39 Å². The highest BCUT2D eigenvalue weighted by Crippen LogP contribution is 2.41. The van der Waals surface area contributed by atoms with E-state index in [-0.39, 0.29) is 38.3 Å². The summed E-state index contributed by atoms with van der Waals surface area (Å²) in [6.45, 7) is 41.2. The number of rotatable bonds is 0. The molecule has 0 saturated carbocycles. The second-order valence-corrected chi connectivity index (χ2v) is 19.6. The van der Waals surface area contributed by atoms with Gasteiger partial charge in [-0.1, -0.05) is 136 Å². The van der Waals surface area contributed by atoms with Crippen LogP contribution < -0.4 is 0 Å². The molecule has 45 heavy (non-hydrogen) atoms. The number of nitrogens with zero attached hydrogens (tertiary/aromatic N) is 3. The van der Waals surface area contributed by atoms with E-state index >= 15 is 0 Å². The van der Waals surface area contributed by atoms with Crippen molar-refractivity contribution in [3.63, 3.8) is 0 Å². The smallest absolute Gasteiger partial charge is 0.148 e. The van der Waals surface area contributed by atoms with Gasteiger partial charge in [0.2, 0.25) is 0 Å². The Balaban J connectivity index is 0.000000338.